The molecule has 3 aliphatic rings. The summed E-state index contributed by atoms with van der Waals surface area (Å²) in [6.45, 7) is 4.85. The monoisotopic (exact) mass is 493 g/mol. The Morgan fingerprint density at radius 3 is 2.69 bits per heavy atom. The van der Waals surface area contributed by atoms with E-state index in [2.05, 4.69) is 9.80 Å². The number of ether oxygens (including phenoxy) is 2. The van der Waals surface area contributed by atoms with Crippen molar-refractivity contribution in [2.24, 2.45) is 0 Å². The summed E-state index contributed by atoms with van der Waals surface area (Å²) in [6.07, 6.45) is 4.77. The van der Waals surface area contributed by atoms with E-state index >= 15 is 4.39 Å². The van der Waals surface area contributed by atoms with Crippen molar-refractivity contribution >= 4 is 16.5 Å². The van der Waals surface area contributed by atoms with Crippen molar-refractivity contribution in [1.29, 1.82) is 0 Å². The quantitative estimate of drug-likeness (QED) is 0.588. The van der Waals surface area contributed by atoms with E-state index in [1.807, 2.05) is 12.1 Å². The lowest BCUT2D eigenvalue weighted by Crippen LogP contribution is -2.40. The van der Waals surface area contributed by atoms with Gasteiger partial charge in [0.1, 0.15) is 17.7 Å². The van der Waals surface area contributed by atoms with E-state index in [9.17, 15) is 9.90 Å². The molecule has 0 aliphatic carbocycles. The third-order valence-electron chi connectivity index (χ3n) is 7.80. The van der Waals surface area contributed by atoms with Crippen LogP contribution in [0.1, 0.15) is 25.7 Å². The molecule has 3 atom stereocenters. The molecule has 2 aromatic carbocycles. The molecule has 3 aromatic rings. The minimum atomic E-state index is -0.577. The van der Waals surface area contributed by atoms with E-state index in [0.717, 1.165) is 38.0 Å². The number of rotatable bonds is 5. The molecule has 1 aromatic heterocycles. The van der Waals surface area contributed by atoms with Crippen molar-refractivity contribution in [3.63, 3.8) is 0 Å². The summed E-state index contributed by atoms with van der Waals surface area (Å²) in [5, 5.41) is 11.4. The third-order valence-corrected chi connectivity index (χ3v) is 7.80. The largest absolute Gasteiger partial charge is 0.485 e. The summed E-state index contributed by atoms with van der Waals surface area (Å²) in [5.74, 6) is 0.265. The van der Waals surface area contributed by atoms with Crippen molar-refractivity contribution in [2.75, 3.05) is 44.3 Å². The van der Waals surface area contributed by atoms with Crippen molar-refractivity contribution in [2.45, 2.75) is 43.9 Å². The van der Waals surface area contributed by atoms with Gasteiger partial charge in [-0.3, -0.25) is 14.3 Å². The van der Waals surface area contributed by atoms with Crippen molar-refractivity contribution < 1.29 is 19.0 Å². The average molecular weight is 494 g/mol. The predicted molar refractivity (Wildman–Crippen MR) is 137 cm³/mol. The zero-order valence-corrected chi connectivity index (χ0v) is 20.3. The van der Waals surface area contributed by atoms with Crippen LogP contribution in [0.5, 0.6) is 5.75 Å². The molecular weight excluding hydrogens is 461 g/mol. The number of anilines is 1. The van der Waals surface area contributed by atoms with Crippen LogP contribution in [0.4, 0.5) is 10.1 Å². The highest BCUT2D eigenvalue weighted by Crippen LogP contribution is 2.29. The molecule has 0 unspecified atom stereocenters. The molecule has 0 bridgehead atoms. The zero-order chi connectivity index (χ0) is 24.6. The first-order valence-corrected chi connectivity index (χ1v) is 12.9. The minimum Gasteiger partial charge on any atom is -0.485 e. The standard InChI is InChI=1S/C28H32FN3O4/c29-24-16-20(3-6-25(24)31-12-8-21(17-31)30-10-1-2-11-30)32-13-7-19-15-22(4-5-23(19)28(32)34)36-27-18-35-14-9-26(27)33/h3-7,13,15-16,21,26-27,33H,1-2,8-12,14,17-18H2/t21-,26-,27-/m1/s1. The van der Waals surface area contributed by atoms with Gasteiger partial charge in [-0.15, -0.1) is 0 Å². The summed E-state index contributed by atoms with van der Waals surface area (Å²) < 4.78 is 28.0. The molecule has 0 amide bonds. The second kappa shape index (κ2) is 9.84. The molecule has 0 spiro atoms. The van der Waals surface area contributed by atoms with E-state index in [1.165, 1.54) is 23.5 Å². The molecule has 3 fully saturated rings. The molecule has 7 nitrogen and oxygen atoms in total. The lowest BCUT2D eigenvalue weighted by Gasteiger charge is -2.28. The summed E-state index contributed by atoms with van der Waals surface area (Å²) >= 11 is 0. The summed E-state index contributed by atoms with van der Waals surface area (Å²) in [7, 11) is 0. The third kappa shape index (κ3) is 4.49. The van der Waals surface area contributed by atoms with Gasteiger partial charge in [0.15, 0.2) is 0 Å². The van der Waals surface area contributed by atoms with Gasteiger partial charge in [-0.25, -0.2) is 4.39 Å². The fraction of sp³-hybridized carbons (Fsp3) is 0.464. The normalized spacial score (nSPS) is 25.1. The zero-order valence-electron chi connectivity index (χ0n) is 20.3. The summed E-state index contributed by atoms with van der Waals surface area (Å²) in [6, 6.07) is 12.6. The molecule has 6 rings (SSSR count). The van der Waals surface area contributed by atoms with Crippen LogP contribution in [0.2, 0.25) is 0 Å². The Morgan fingerprint density at radius 1 is 1.03 bits per heavy atom. The molecular formula is C28H32FN3O4. The van der Waals surface area contributed by atoms with Gasteiger partial charge in [0.05, 0.1) is 24.1 Å². The Balaban J connectivity index is 1.21. The van der Waals surface area contributed by atoms with E-state index in [1.54, 1.807) is 30.5 Å². The Hall–Kier alpha value is -2.94. The topological polar surface area (TPSA) is 67.2 Å². The highest BCUT2D eigenvalue weighted by molar-refractivity contribution is 5.83. The van der Waals surface area contributed by atoms with Gasteiger partial charge in [0, 0.05) is 49.8 Å². The summed E-state index contributed by atoms with van der Waals surface area (Å²) in [4.78, 5) is 17.9. The maximum atomic E-state index is 15.2. The SMILES string of the molecule is O=c1c2ccc(O[C@@H]3COCC[C@H]3O)cc2ccn1-c1ccc(N2CC[C@@H](N3CCCC3)C2)c(F)c1. The molecule has 190 valence electrons. The maximum Gasteiger partial charge on any atom is 0.262 e. The van der Waals surface area contributed by atoms with Gasteiger partial charge in [0.2, 0.25) is 0 Å². The van der Waals surface area contributed by atoms with E-state index in [4.69, 9.17) is 9.47 Å². The number of pyridine rings is 1. The van der Waals surface area contributed by atoms with Gasteiger partial charge in [0.25, 0.3) is 5.56 Å². The number of nitrogens with zero attached hydrogens (tertiary/aromatic N) is 3. The smallest absolute Gasteiger partial charge is 0.262 e. The molecule has 1 N–H and O–H groups in total. The number of hydrogen-bond acceptors (Lipinski definition) is 6. The van der Waals surface area contributed by atoms with Crippen LogP contribution in [0, 0.1) is 5.82 Å². The lowest BCUT2D eigenvalue weighted by molar-refractivity contribution is -0.0734. The first kappa shape index (κ1) is 23.5. The van der Waals surface area contributed by atoms with Gasteiger partial charge >= 0.3 is 0 Å². The fourth-order valence-corrected chi connectivity index (χ4v) is 5.76. The molecule has 3 saturated heterocycles. The van der Waals surface area contributed by atoms with Crippen molar-refractivity contribution in [1.82, 2.24) is 9.47 Å². The van der Waals surface area contributed by atoms with Crippen LogP contribution in [0.25, 0.3) is 16.5 Å². The molecule has 8 heteroatoms. The van der Waals surface area contributed by atoms with Crippen LogP contribution in [0.15, 0.2) is 53.5 Å². The number of benzene rings is 2. The second-order valence-corrected chi connectivity index (χ2v) is 10.1. The Bertz CT molecular complexity index is 1310. The van der Waals surface area contributed by atoms with Crippen LogP contribution in [0.3, 0.4) is 0 Å². The highest BCUT2D eigenvalue weighted by Gasteiger charge is 2.30. The molecule has 3 aliphatic heterocycles. The van der Waals surface area contributed by atoms with Crippen LogP contribution in [-0.2, 0) is 4.74 Å². The Kier molecular flexibility index (Phi) is 6.41. The number of aliphatic hydroxyl groups is 1. The van der Waals surface area contributed by atoms with Gasteiger partial charge in [-0.05, 0) is 74.1 Å². The Labute approximate surface area is 209 Å². The number of aliphatic hydroxyl groups excluding tert-OH is 1. The van der Waals surface area contributed by atoms with Gasteiger partial charge in [-0.2, -0.15) is 0 Å². The molecule has 36 heavy (non-hydrogen) atoms. The molecule has 0 radical (unpaired) electrons. The second-order valence-electron chi connectivity index (χ2n) is 10.1. The fourth-order valence-electron chi connectivity index (χ4n) is 5.76. The number of likely N-dealkylation sites (tertiary alicyclic amines) is 1. The van der Waals surface area contributed by atoms with E-state index < -0.39 is 12.2 Å². The van der Waals surface area contributed by atoms with Crippen LogP contribution < -0.4 is 15.2 Å². The van der Waals surface area contributed by atoms with Gasteiger partial charge < -0.3 is 19.5 Å². The van der Waals surface area contributed by atoms with Crippen LogP contribution in [-0.4, -0.2) is 72.2 Å². The molecule has 0 saturated carbocycles. The summed E-state index contributed by atoms with van der Waals surface area (Å²) in [5.41, 5.74) is 0.883. The van der Waals surface area contributed by atoms with E-state index in [0.29, 0.717) is 48.2 Å². The van der Waals surface area contributed by atoms with Crippen LogP contribution >= 0.6 is 0 Å². The van der Waals surface area contributed by atoms with Crippen molar-refractivity contribution in [3.05, 3.63) is 64.8 Å². The number of hydrogen-bond donors (Lipinski definition) is 1. The lowest BCUT2D eigenvalue weighted by atomic mass is 10.1. The number of fused-ring (bicyclic) bond motifs is 1. The maximum absolute atomic E-state index is 15.2. The number of halogens is 1. The van der Waals surface area contributed by atoms with E-state index in [-0.39, 0.29) is 11.4 Å². The van der Waals surface area contributed by atoms with Gasteiger partial charge in [-0.1, -0.05) is 0 Å². The highest BCUT2D eigenvalue weighted by atomic mass is 19.1. The number of aromatic nitrogens is 1. The predicted octanol–water partition coefficient (Wildman–Crippen LogP) is 3.33. The average Bonchev–Trinajstić information content (AvgIpc) is 3.58. The molecule has 4 heterocycles. The Morgan fingerprint density at radius 2 is 1.89 bits per heavy atom. The van der Waals surface area contributed by atoms with Crippen molar-refractivity contribution in [3.8, 4) is 11.4 Å². The first-order valence-electron chi connectivity index (χ1n) is 12.9. The minimum absolute atomic E-state index is 0.220. The first-order chi connectivity index (χ1) is 17.6.